The Kier molecular flexibility index (Phi) is 3.82. The van der Waals surface area contributed by atoms with Crippen LogP contribution in [0.2, 0.25) is 0 Å². The Hall–Kier alpha value is -2.29. The highest BCUT2D eigenvalue weighted by atomic mass is 16.4. The third-order valence-corrected chi connectivity index (χ3v) is 6.07. The summed E-state index contributed by atoms with van der Waals surface area (Å²) in [5, 5.41) is 13.1. The molecule has 3 nitrogen and oxygen atoms in total. The molecule has 0 spiro atoms. The van der Waals surface area contributed by atoms with Crippen LogP contribution in [-0.2, 0) is 0 Å². The van der Waals surface area contributed by atoms with E-state index in [1.165, 1.54) is 41.6 Å². The molecule has 0 aromatic heterocycles. The lowest BCUT2D eigenvalue weighted by atomic mass is 9.75. The van der Waals surface area contributed by atoms with E-state index in [0.29, 0.717) is 17.4 Å². The Bertz CT molecular complexity index is 832. The molecule has 130 valence electrons. The van der Waals surface area contributed by atoms with E-state index in [1.54, 1.807) is 0 Å². The third kappa shape index (κ3) is 2.62. The van der Waals surface area contributed by atoms with Crippen LogP contribution in [0, 0.1) is 26.7 Å². The van der Waals surface area contributed by atoms with Gasteiger partial charge in [-0.2, -0.15) is 0 Å². The molecule has 0 radical (unpaired) electrons. The molecule has 1 aliphatic heterocycles. The summed E-state index contributed by atoms with van der Waals surface area (Å²) in [6.07, 6.45) is 3.76. The molecule has 3 heteroatoms. The second-order valence-corrected chi connectivity index (χ2v) is 7.74. The lowest BCUT2D eigenvalue weighted by Gasteiger charge is -2.39. The monoisotopic (exact) mass is 335 g/mol. The number of aromatic carboxylic acids is 1. The van der Waals surface area contributed by atoms with Crippen LogP contribution in [0.1, 0.15) is 69.4 Å². The summed E-state index contributed by atoms with van der Waals surface area (Å²) < 4.78 is 0. The van der Waals surface area contributed by atoms with Gasteiger partial charge in [0.1, 0.15) is 0 Å². The number of carbonyl (C=O) groups is 1. The maximum Gasteiger partial charge on any atom is 0.335 e. The molecule has 0 unspecified atom stereocenters. The summed E-state index contributed by atoms with van der Waals surface area (Å²) in [4.78, 5) is 11.4. The molecule has 0 saturated heterocycles. The van der Waals surface area contributed by atoms with Gasteiger partial charge in [-0.05, 0) is 85.9 Å². The van der Waals surface area contributed by atoms with E-state index in [2.05, 4.69) is 30.4 Å². The number of hydrogen-bond acceptors (Lipinski definition) is 2. The zero-order valence-corrected chi connectivity index (χ0v) is 15.1. The molecule has 2 aromatic rings. The first-order valence-electron chi connectivity index (χ1n) is 9.17. The molecule has 2 N–H and O–H groups in total. The Morgan fingerprint density at radius 2 is 1.80 bits per heavy atom. The molecule has 1 heterocycles. The predicted octanol–water partition coefficient (Wildman–Crippen LogP) is 5.36. The number of hydrogen-bond donors (Lipinski definition) is 2. The largest absolute Gasteiger partial charge is 0.478 e. The van der Waals surface area contributed by atoms with E-state index in [0.717, 1.165) is 11.1 Å². The maximum atomic E-state index is 11.4. The molecule has 25 heavy (non-hydrogen) atoms. The van der Waals surface area contributed by atoms with E-state index in [4.69, 9.17) is 0 Å². The molecule has 2 aromatic carbocycles. The van der Waals surface area contributed by atoms with E-state index < -0.39 is 5.97 Å². The lowest BCUT2D eigenvalue weighted by molar-refractivity contribution is 0.0696. The van der Waals surface area contributed by atoms with Crippen LogP contribution >= 0.6 is 0 Å². The van der Waals surface area contributed by atoms with Crippen molar-refractivity contribution in [3.05, 3.63) is 63.7 Å². The van der Waals surface area contributed by atoms with Crippen LogP contribution in [0.25, 0.3) is 0 Å². The quantitative estimate of drug-likeness (QED) is 0.776. The Labute approximate surface area is 149 Å². The van der Waals surface area contributed by atoms with Crippen molar-refractivity contribution in [2.45, 2.75) is 52.0 Å². The molecular formula is C22H25NO2. The second-order valence-electron chi connectivity index (χ2n) is 7.74. The third-order valence-electron chi connectivity index (χ3n) is 6.07. The minimum Gasteiger partial charge on any atom is -0.478 e. The fourth-order valence-electron chi connectivity index (χ4n) is 5.04. The zero-order chi connectivity index (χ0) is 17.7. The van der Waals surface area contributed by atoms with Gasteiger partial charge < -0.3 is 10.4 Å². The van der Waals surface area contributed by atoms with Crippen LogP contribution in [0.15, 0.2) is 30.3 Å². The van der Waals surface area contributed by atoms with Crippen molar-refractivity contribution >= 4 is 11.7 Å². The lowest BCUT2D eigenvalue weighted by Crippen LogP contribution is -2.30. The summed E-state index contributed by atoms with van der Waals surface area (Å²) in [5.41, 5.74) is 7.87. The molecule has 4 rings (SSSR count). The summed E-state index contributed by atoms with van der Waals surface area (Å²) in [7, 11) is 0. The molecule has 1 fully saturated rings. The number of fused-ring (bicyclic) bond motifs is 3. The number of nitrogens with one attached hydrogen (secondary N) is 1. The second kappa shape index (κ2) is 5.91. The summed E-state index contributed by atoms with van der Waals surface area (Å²) >= 11 is 0. The average molecular weight is 335 g/mol. The highest BCUT2D eigenvalue weighted by Gasteiger charge is 2.41. The predicted molar refractivity (Wildman–Crippen MR) is 101 cm³/mol. The van der Waals surface area contributed by atoms with Gasteiger partial charge in [0.05, 0.1) is 11.6 Å². The zero-order valence-electron chi connectivity index (χ0n) is 15.1. The van der Waals surface area contributed by atoms with Crippen LogP contribution in [-0.4, -0.2) is 11.1 Å². The van der Waals surface area contributed by atoms with Gasteiger partial charge in [-0.3, -0.25) is 0 Å². The molecule has 3 atom stereocenters. The van der Waals surface area contributed by atoms with Gasteiger partial charge in [-0.1, -0.05) is 24.1 Å². The first kappa shape index (κ1) is 16.2. The van der Waals surface area contributed by atoms with Crippen LogP contribution in [0.4, 0.5) is 5.69 Å². The molecule has 1 aliphatic carbocycles. The number of carboxylic acids is 1. The summed E-state index contributed by atoms with van der Waals surface area (Å²) in [5.74, 6) is 0.343. The number of rotatable bonds is 2. The fraction of sp³-hybridized carbons (Fsp3) is 0.409. The van der Waals surface area contributed by atoms with Crippen LogP contribution in [0.3, 0.4) is 0 Å². The Morgan fingerprint density at radius 1 is 1.08 bits per heavy atom. The standard InChI is InChI=1S/C22H25NO2/c1-12-7-8-19-18(9-12)16-5-4-6-17(16)21(23-19)20-13(2)10-15(22(24)25)11-14(20)3/h7-11,16-17,21,23H,4-6H2,1-3H3,(H,24,25)/t16-,17+,21+/m1/s1. The average Bonchev–Trinajstić information content (AvgIpc) is 3.04. The van der Waals surface area contributed by atoms with Gasteiger partial charge in [0.25, 0.3) is 0 Å². The van der Waals surface area contributed by atoms with E-state index in [1.807, 2.05) is 26.0 Å². The number of aryl methyl sites for hydroxylation is 3. The maximum absolute atomic E-state index is 11.4. The van der Waals surface area contributed by atoms with Crippen molar-refractivity contribution in [3.8, 4) is 0 Å². The minimum absolute atomic E-state index is 0.269. The summed E-state index contributed by atoms with van der Waals surface area (Å²) in [6, 6.07) is 10.6. The van der Waals surface area contributed by atoms with E-state index >= 15 is 0 Å². The van der Waals surface area contributed by atoms with Crippen LogP contribution < -0.4 is 5.32 Å². The van der Waals surface area contributed by atoms with Gasteiger partial charge in [-0.25, -0.2) is 4.79 Å². The van der Waals surface area contributed by atoms with Crippen molar-refractivity contribution < 1.29 is 9.90 Å². The van der Waals surface area contributed by atoms with E-state index in [9.17, 15) is 9.90 Å². The first-order valence-corrected chi connectivity index (χ1v) is 9.17. The molecule has 1 saturated carbocycles. The van der Waals surface area contributed by atoms with Crippen molar-refractivity contribution in [2.75, 3.05) is 5.32 Å². The van der Waals surface area contributed by atoms with Crippen molar-refractivity contribution in [1.29, 1.82) is 0 Å². The van der Waals surface area contributed by atoms with Gasteiger partial charge >= 0.3 is 5.97 Å². The SMILES string of the molecule is Cc1ccc2c(c1)[C@@H]1CCC[C@@H]1[C@@H](c1c(C)cc(C(=O)O)cc1C)N2. The number of carboxylic acid groups (broad SMARTS) is 1. The first-order chi connectivity index (χ1) is 12.0. The smallest absolute Gasteiger partial charge is 0.335 e. The fourth-order valence-corrected chi connectivity index (χ4v) is 5.04. The Morgan fingerprint density at radius 3 is 2.48 bits per heavy atom. The summed E-state index contributed by atoms with van der Waals surface area (Å²) in [6.45, 7) is 6.26. The topological polar surface area (TPSA) is 49.3 Å². The number of anilines is 1. The molecule has 2 aliphatic rings. The van der Waals surface area contributed by atoms with Crippen LogP contribution in [0.5, 0.6) is 0 Å². The molecule has 0 amide bonds. The van der Waals surface area contributed by atoms with Gasteiger partial charge in [0.15, 0.2) is 0 Å². The normalized spacial score (nSPS) is 24.4. The van der Waals surface area contributed by atoms with Gasteiger partial charge in [0.2, 0.25) is 0 Å². The highest BCUT2D eigenvalue weighted by molar-refractivity contribution is 5.88. The Balaban J connectivity index is 1.81. The van der Waals surface area contributed by atoms with Gasteiger partial charge in [0, 0.05) is 5.69 Å². The van der Waals surface area contributed by atoms with Gasteiger partial charge in [-0.15, -0.1) is 0 Å². The van der Waals surface area contributed by atoms with Crippen molar-refractivity contribution in [2.24, 2.45) is 5.92 Å². The van der Waals surface area contributed by atoms with E-state index in [-0.39, 0.29) is 6.04 Å². The van der Waals surface area contributed by atoms with Crippen molar-refractivity contribution in [1.82, 2.24) is 0 Å². The minimum atomic E-state index is -0.853. The number of benzene rings is 2. The van der Waals surface area contributed by atoms with Crippen molar-refractivity contribution in [3.63, 3.8) is 0 Å². The highest BCUT2D eigenvalue weighted by Crippen LogP contribution is 2.53. The molecule has 0 bridgehead atoms. The molecular weight excluding hydrogens is 310 g/mol.